The Morgan fingerprint density at radius 3 is 2.25 bits per heavy atom. The van der Waals surface area contributed by atoms with Gasteiger partial charge in [-0.25, -0.2) is 0 Å². The van der Waals surface area contributed by atoms with Crippen LogP contribution in [0.4, 0.5) is 0 Å². The van der Waals surface area contributed by atoms with Crippen LogP contribution in [0.5, 0.6) is 11.5 Å². The fraction of sp³-hybridized carbons (Fsp3) is 0.412. The quantitative estimate of drug-likeness (QED) is 0.928. The smallest absolute Gasteiger partial charge is 0.130 e. The van der Waals surface area contributed by atoms with Gasteiger partial charge in [0.05, 0.1) is 14.2 Å². The van der Waals surface area contributed by atoms with Crippen LogP contribution in [0.1, 0.15) is 25.3 Å². The van der Waals surface area contributed by atoms with Crippen LogP contribution < -0.4 is 15.2 Å². The van der Waals surface area contributed by atoms with Crippen LogP contribution in [-0.2, 0) is 5.41 Å². The first-order chi connectivity index (χ1) is 9.64. The summed E-state index contributed by atoms with van der Waals surface area (Å²) in [5.41, 5.74) is 7.46. The number of methoxy groups -OCH3 is 2. The van der Waals surface area contributed by atoms with Gasteiger partial charge in [0, 0.05) is 27.8 Å². The van der Waals surface area contributed by atoms with Crippen LogP contribution in [0.3, 0.4) is 0 Å². The molecule has 0 saturated heterocycles. The Labute approximate surface area is 119 Å². The Hall–Kier alpha value is -1.74. The molecule has 0 heterocycles. The van der Waals surface area contributed by atoms with E-state index in [2.05, 4.69) is 25.1 Å². The first-order valence-corrected chi connectivity index (χ1v) is 7.04. The molecule has 1 aliphatic carbocycles. The van der Waals surface area contributed by atoms with Crippen molar-refractivity contribution in [1.29, 1.82) is 0 Å². The van der Waals surface area contributed by atoms with E-state index in [1.54, 1.807) is 14.2 Å². The molecule has 0 radical (unpaired) electrons. The lowest BCUT2D eigenvalue weighted by Gasteiger charge is -2.24. The molecule has 0 spiro atoms. The molecule has 2 aromatic rings. The predicted octanol–water partition coefficient (Wildman–Crippen LogP) is 3.24. The third-order valence-corrected chi connectivity index (χ3v) is 4.58. The Bertz CT molecular complexity index is 645. The predicted molar refractivity (Wildman–Crippen MR) is 81.6 cm³/mol. The maximum atomic E-state index is 6.23. The third kappa shape index (κ3) is 1.77. The highest BCUT2D eigenvalue weighted by Gasteiger charge is 2.49. The average molecular weight is 271 g/mol. The van der Waals surface area contributed by atoms with Gasteiger partial charge < -0.3 is 15.2 Å². The van der Waals surface area contributed by atoms with E-state index < -0.39 is 0 Å². The second-order valence-corrected chi connectivity index (χ2v) is 5.65. The molecule has 3 rings (SSSR count). The van der Waals surface area contributed by atoms with Crippen molar-refractivity contribution in [2.75, 3.05) is 14.2 Å². The number of fused-ring (bicyclic) bond motifs is 1. The molecule has 1 atom stereocenters. The summed E-state index contributed by atoms with van der Waals surface area (Å²) in [5, 5.41) is 2.17. The topological polar surface area (TPSA) is 44.5 Å². The highest BCUT2D eigenvalue weighted by molar-refractivity contribution is 5.95. The molecule has 0 amide bonds. The Morgan fingerprint density at radius 1 is 1.10 bits per heavy atom. The van der Waals surface area contributed by atoms with Gasteiger partial charge in [-0.1, -0.05) is 24.3 Å². The average Bonchev–Trinajstić information content (AvgIpc) is 3.27. The van der Waals surface area contributed by atoms with Crippen LogP contribution in [0, 0.1) is 0 Å². The van der Waals surface area contributed by atoms with Crippen LogP contribution >= 0.6 is 0 Å². The first kappa shape index (κ1) is 13.3. The van der Waals surface area contributed by atoms with E-state index in [0.717, 1.165) is 35.1 Å². The van der Waals surface area contributed by atoms with Crippen molar-refractivity contribution in [2.24, 2.45) is 5.73 Å². The molecule has 1 aliphatic rings. The molecule has 0 aromatic heterocycles. The van der Waals surface area contributed by atoms with E-state index in [1.807, 2.05) is 12.1 Å². The lowest BCUT2D eigenvalue weighted by molar-refractivity contribution is 0.396. The van der Waals surface area contributed by atoms with Gasteiger partial charge in [0.25, 0.3) is 0 Å². The number of nitrogens with two attached hydrogens (primary N) is 1. The van der Waals surface area contributed by atoms with Crippen LogP contribution in [0.25, 0.3) is 10.8 Å². The molecule has 0 bridgehead atoms. The minimum Gasteiger partial charge on any atom is -0.496 e. The lowest BCUT2D eigenvalue weighted by atomic mass is 9.86. The zero-order chi connectivity index (χ0) is 14.3. The Balaban J connectivity index is 2.32. The zero-order valence-corrected chi connectivity index (χ0v) is 12.3. The number of benzene rings is 2. The van der Waals surface area contributed by atoms with Gasteiger partial charge in [-0.05, 0) is 25.8 Å². The SMILES string of the molecule is COc1cc(C2(C(C)N)CC2)c(OC)c2ccccc12. The fourth-order valence-corrected chi connectivity index (χ4v) is 3.18. The molecule has 1 fully saturated rings. The fourth-order valence-electron chi connectivity index (χ4n) is 3.18. The number of hydrogen-bond acceptors (Lipinski definition) is 3. The number of ether oxygens (including phenoxy) is 2. The zero-order valence-electron chi connectivity index (χ0n) is 12.3. The molecule has 1 unspecified atom stereocenters. The summed E-state index contributed by atoms with van der Waals surface area (Å²) in [7, 11) is 3.44. The van der Waals surface area contributed by atoms with E-state index in [9.17, 15) is 0 Å². The van der Waals surface area contributed by atoms with Crippen LogP contribution in [0.2, 0.25) is 0 Å². The van der Waals surface area contributed by atoms with Crippen molar-refractivity contribution in [3.8, 4) is 11.5 Å². The minimum absolute atomic E-state index is 0.0443. The number of rotatable bonds is 4. The Morgan fingerprint density at radius 2 is 1.75 bits per heavy atom. The third-order valence-electron chi connectivity index (χ3n) is 4.58. The first-order valence-electron chi connectivity index (χ1n) is 7.04. The van der Waals surface area contributed by atoms with E-state index in [4.69, 9.17) is 15.2 Å². The van der Waals surface area contributed by atoms with E-state index in [0.29, 0.717) is 0 Å². The molecule has 20 heavy (non-hydrogen) atoms. The van der Waals surface area contributed by atoms with Crippen molar-refractivity contribution in [3.63, 3.8) is 0 Å². The van der Waals surface area contributed by atoms with Crippen LogP contribution in [0.15, 0.2) is 30.3 Å². The van der Waals surface area contributed by atoms with Gasteiger partial charge in [0.2, 0.25) is 0 Å². The van der Waals surface area contributed by atoms with Crippen molar-refractivity contribution in [1.82, 2.24) is 0 Å². The largest absolute Gasteiger partial charge is 0.496 e. The summed E-state index contributed by atoms with van der Waals surface area (Å²) in [6.45, 7) is 2.08. The summed E-state index contributed by atoms with van der Waals surface area (Å²) in [6, 6.07) is 10.4. The van der Waals surface area contributed by atoms with Gasteiger partial charge in [-0.2, -0.15) is 0 Å². The van der Waals surface area contributed by atoms with E-state index in [-0.39, 0.29) is 11.5 Å². The summed E-state index contributed by atoms with van der Waals surface area (Å²) in [5.74, 6) is 1.83. The summed E-state index contributed by atoms with van der Waals surface area (Å²) in [4.78, 5) is 0. The van der Waals surface area contributed by atoms with Crippen molar-refractivity contribution in [2.45, 2.75) is 31.2 Å². The van der Waals surface area contributed by atoms with Gasteiger partial charge >= 0.3 is 0 Å². The number of hydrogen-bond donors (Lipinski definition) is 1. The molecule has 2 N–H and O–H groups in total. The second kappa shape index (κ2) is 4.67. The van der Waals surface area contributed by atoms with Crippen molar-refractivity contribution in [3.05, 3.63) is 35.9 Å². The molecule has 0 aliphatic heterocycles. The van der Waals surface area contributed by atoms with Crippen LogP contribution in [-0.4, -0.2) is 20.3 Å². The maximum Gasteiger partial charge on any atom is 0.130 e. The highest BCUT2D eigenvalue weighted by atomic mass is 16.5. The molecular formula is C17H21NO2. The van der Waals surface area contributed by atoms with Gasteiger partial charge in [-0.3, -0.25) is 0 Å². The van der Waals surface area contributed by atoms with E-state index in [1.165, 1.54) is 5.56 Å². The molecular weight excluding hydrogens is 250 g/mol. The standard InChI is InChI=1S/C17H21NO2/c1-11(18)17(8-9-17)14-10-15(19-2)12-6-4-5-7-13(12)16(14)20-3/h4-7,10-11H,8-9,18H2,1-3H3. The summed E-state index contributed by atoms with van der Waals surface area (Å²) in [6.07, 6.45) is 2.23. The summed E-state index contributed by atoms with van der Waals surface area (Å²) >= 11 is 0. The molecule has 3 heteroatoms. The summed E-state index contributed by atoms with van der Waals surface area (Å²) < 4.78 is 11.3. The van der Waals surface area contributed by atoms with Gasteiger partial charge in [-0.15, -0.1) is 0 Å². The highest BCUT2D eigenvalue weighted by Crippen LogP contribution is 2.55. The molecule has 106 valence electrons. The lowest BCUT2D eigenvalue weighted by Crippen LogP contribution is -2.32. The second-order valence-electron chi connectivity index (χ2n) is 5.65. The molecule has 3 nitrogen and oxygen atoms in total. The van der Waals surface area contributed by atoms with E-state index >= 15 is 0 Å². The monoisotopic (exact) mass is 271 g/mol. The minimum atomic E-state index is 0.0443. The van der Waals surface area contributed by atoms with Crippen molar-refractivity contribution >= 4 is 10.8 Å². The maximum absolute atomic E-state index is 6.23. The molecule has 1 saturated carbocycles. The van der Waals surface area contributed by atoms with Gasteiger partial charge in [0.1, 0.15) is 11.5 Å². The molecule has 2 aromatic carbocycles. The Kier molecular flexibility index (Phi) is 3.09. The van der Waals surface area contributed by atoms with Crippen molar-refractivity contribution < 1.29 is 9.47 Å². The normalized spacial score (nSPS) is 17.8. The van der Waals surface area contributed by atoms with Gasteiger partial charge in [0.15, 0.2) is 0 Å².